The van der Waals surface area contributed by atoms with Crippen molar-refractivity contribution in [2.45, 2.75) is 26.3 Å². The lowest BCUT2D eigenvalue weighted by Crippen LogP contribution is -2.32. The Labute approximate surface area is 175 Å². The van der Waals surface area contributed by atoms with Crippen LogP contribution in [0.2, 0.25) is 0 Å². The van der Waals surface area contributed by atoms with Crippen molar-refractivity contribution < 1.29 is 14.3 Å². The molecule has 1 N–H and O–H groups in total. The highest BCUT2D eigenvalue weighted by Crippen LogP contribution is 2.38. The monoisotopic (exact) mass is 406 g/mol. The number of aryl methyl sites for hydroxylation is 2. The molecule has 1 aromatic heterocycles. The largest absolute Gasteiger partial charge is 0.508 e. The SMILES string of the molecule is Cc1cc2oc3c(c(=O)c2cc1C)[C@H](c1ccc(O)cc1)N(CCCN(C)C)C3=O. The summed E-state index contributed by atoms with van der Waals surface area (Å²) in [7, 11) is 3.97. The summed E-state index contributed by atoms with van der Waals surface area (Å²) < 4.78 is 6.02. The summed E-state index contributed by atoms with van der Waals surface area (Å²) in [6.45, 7) is 5.24. The van der Waals surface area contributed by atoms with Crippen LogP contribution in [0, 0.1) is 13.8 Å². The summed E-state index contributed by atoms with van der Waals surface area (Å²) in [6, 6.07) is 9.79. The third-order valence-electron chi connectivity index (χ3n) is 5.80. The zero-order valence-electron chi connectivity index (χ0n) is 17.7. The number of carbonyl (C=O) groups is 1. The number of phenolic OH excluding ortho intramolecular Hbond substituents is 1. The van der Waals surface area contributed by atoms with Crippen LogP contribution < -0.4 is 5.43 Å². The minimum atomic E-state index is -0.530. The standard InChI is InChI=1S/C24H26N2O4/c1-14-12-18-19(13-15(14)2)30-23-20(22(18)28)21(16-6-8-17(27)9-7-16)26(24(23)29)11-5-10-25(3)4/h6-9,12-13,21,27H,5,10-11H2,1-4H3/t21-/m0/s1. The first kappa shape index (κ1) is 20.2. The third-order valence-corrected chi connectivity index (χ3v) is 5.80. The van der Waals surface area contributed by atoms with Gasteiger partial charge in [0.05, 0.1) is 17.0 Å². The van der Waals surface area contributed by atoms with E-state index < -0.39 is 6.04 Å². The number of aromatic hydroxyl groups is 1. The van der Waals surface area contributed by atoms with E-state index in [9.17, 15) is 14.7 Å². The average molecular weight is 406 g/mol. The van der Waals surface area contributed by atoms with Gasteiger partial charge < -0.3 is 19.3 Å². The van der Waals surface area contributed by atoms with Gasteiger partial charge in [-0.3, -0.25) is 9.59 Å². The first-order valence-corrected chi connectivity index (χ1v) is 10.1. The van der Waals surface area contributed by atoms with Crippen molar-refractivity contribution in [1.29, 1.82) is 0 Å². The summed E-state index contributed by atoms with van der Waals surface area (Å²) in [5.41, 5.74) is 3.44. The van der Waals surface area contributed by atoms with E-state index in [0.29, 0.717) is 23.1 Å². The summed E-state index contributed by atoms with van der Waals surface area (Å²) in [6.07, 6.45) is 0.771. The topological polar surface area (TPSA) is 74.0 Å². The van der Waals surface area contributed by atoms with Crippen LogP contribution in [-0.2, 0) is 0 Å². The van der Waals surface area contributed by atoms with Crippen molar-refractivity contribution in [3.8, 4) is 5.75 Å². The van der Waals surface area contributed by atoms with Gasteiger partial charge in [0.1, 0.15) is 11.3 Å². The molecule has 30 heavy (non-hydrogen) atoms. The van der Waals surface area contributed by atoms with Crippen molar-refractivity contribution >= 4 is 16.9 Å². The predicted molar refractivity (Wildman–Crippen MR) is 116 cm³/mol. The molecule has 2 heterocycles. The normalized spacial score (nSPS) is 16.0. The number of nitrogens with zero attached hydrogens (tertiary/aromatic N) is 2. The van der Waals surface area contributed by atoms with E-state index in [1.807, 2.05) is 40.1 Å². The Balaban J connectivity index is 1.90. The maximum atomic E-state index is 13.5. The number of fused-ring (bicyclic) bond motifs is 2. The van der Waals surface area contributed by atoms with Gasteiger partial charge in [-0.25, -0.2) is 0 Å². The molecule has 1 amide bonds. The van der Waals surface area contributed by atoms with E-state index >= 15 is 0 Å². The van der Waals surface area contributed by atoms with Gasteiger partial charge in [0.2, 0.25) is 5.76 Å². The molecule has 0 bridgehead atoms. The number of amides is 1. The fourth-order valence-electron chi connectivity index (χ4n) is 4.07. The van der Waals surface area contributed by atoms with Crippen LogP contribution in [0.15, 0.2) is 45.6 Å². The Morgan fingerprint density at radius 1 is 1.07 bits per heavy atom. The molecule has 0 unspecified atom stereocenters. The molecule has 6 heteroatoms. The van der Waals surface area contributed by atoms with Crippen LogP contribution in [0.1, 0.15) is 45.3 Å². The molecule has 1 aliphatic heterocycles. The maximum absolute atomic E-state index is 13.5. The molecular formula is C24H26N2O4. The van der Waals surface area contributed by atoms with Crippen molar-refractivity contribution in [3.63, 3.8) is 0 Å². The number of hydrogen-bond acceptors (Lipinski definition) is 5. The van der Waals surface area contributed by atoms with Gasteiger partial charge in [-0.05, 0) is 81.9 Å². The molecule has 0 aliphatic carbocycles. The molecule has 0 saturated carbocycles. The Morgan fingerprint density at radius 3 is 2.40 bits per heavy atom. The molecule has 3 aromatic rings. The van der Waals surface area contributed by atoms with E-state index in [1.165, 1.54) is 0 Å². The van der Waals surface area contributed by atoms with Crippen molar-refractivity contribution in [2.75, 3.05) is 27.2 Å². The number of rotatable bonds is 5. The highest BCUT2D eigenvalue weighted by atomic mass is 16.3. The molecule has 6 nitrogen and oxygen atoms in total. The van der Waals surface area contributed by atoms with Gasteiger partial charge in [0, 0.05) is 6.54 Å². The number of benzene rings is 2. The minimum absolute atomic E-state index is 0.124. The molecular weight excluding hydrogens is 380 g/mol. The highest BCUT2D eigenvalue weighted by molar-refractivity contribution is 5.99. The Kier molecular flexibility index (Phi) is 5.12. The lowest BCUT2D eigenvalue weighted by Gasteiger charge is -2.25. The second-order valence-electron chi connectivity index (χ2n) is 8.26. The van der Waals surface area contributed by atoms with E-state index in [-0.39, 0.29) is 22.8 Å². The van der Waals surface area contributed by atoms with E-state index in [1.54, 1.807) is 29.2 Å². The second kappa shape index (κ2) is 7.61. The quantitative estimate of drug-likeness (QED) is 0.701. The molecule has 1 aliphatic rings. The van der Waals surface area contributed by atoms with E-state index in [4.69, 9.17) is 4.42 Å². The van der Waals surface area contributed by atoms with Crippen LogP contribution in [0.5, 0.6) is 5.75 Å². The molecule has 0 fully saturated rings. The molecule has 1 atom stereocenters. The first-order valence-electron chi connectivity index (χ1n) is 10.1. The first-order chi connectivity index (χ1) is 14.3. The zero-order valence-corrected chi connectivity index (χ0v) is 17.7. The number of carbonyl (C=O) groups excluding carboxylic acids is 1. The number of phenols is 1. The van der Waals surface area contributed by atoms with Gasteiger partial charge in [-0.2, -0.15) is 0 Å². The minimum Gasteiger partial charge on any atom is -0.508 e. The van der Waals surface area contributed by atoms with Crippen LogP contribution in [0.3, 0.4) is 0 Å². The smallest absolute Gasteiger partial charge is 0.290 e. The van der Waals surface area contributed by atoms with Crippen LogP contribution in [0.4, 0.5) is 0 Å². The Bertz CT molecular complexity index is 1180. The third kappa shape index (κ3) is 3.37. The molecule has 2 aromatic carbocycles. The Morgan fingerprint density at radius 2 is 1.73 bits per heavy atom. The fourth-order valence-corrected chi connectivity index (χ4v) is 4.07. The van der Waals surface area contributed by atoms with Gasteiger partial charge in [-0.15, -0.1) is 0 Å². The van der Waals surface area contributed by atoms with Crippen LogP contribution >= 0.6 is 0 Å². The predicted octanol–water partition coefficient (Wildman–Crippen LogP) is 3.61. The second-order valence-corrected chi connectivity index (χ2v) is 8.26. The van der Waals surface area contributed by atoms with Gasteiger partial charge in [0.15, 0.2) is 5.43 Å². The van der Waals surface area contributed by atoms with Crippen molar-refractivity contribution in [3.05, 3.63) is 74.6 Å². The lowest BCUT2D eigenvalue weighted by atomic mass is 9.97. The molecule has 4 rings (SSSR count). The average Bonchev–Trinajstić information content (AvgIpc) is 2.97. The van der Waals surface area contributed by atoms with Gasteiger partial charge in [0.25, 0.3) is 5.91 Å². The lowest BCUT2D eigenvalue weighted by molar-refractivity contribution is 0.0722. The van der Waals surface area contributed by atoms with Crippen molar-refractivity contribution in [1.82, 2.24) is 9.80 Å². The van der Waals surface area contributed by atoms with Crippen LogP contribution in [0.25, 0.3) is 11.0 Å². The van der Waals surface area contributed by atoms with Gasteiger partial charge >= 0.3 is 0 Å². The molecule has 0 spiro atoms. The van der Waals surface area contributed by atoms with E-state index in [2.05, 4.69) is 4.90 Å². The summed E-state index contributed by atoms with van der Waals surface area (Å²) in [5.74, 6) is -0.00293. The molecule has 156 valence electrons. The maximum Gasteiger partial charge on any atom is 0.290 e. The van der Waals surface area contributed by atoms with Crippen LogP contribution in [-0.4, -0.2) is 48.0 Å². The van der Waals surface area contributed by atoms with Crippen molar-refractivity contribution in [2.24, 2.45) is 0 Å². The Hall–Kier alpha value is -3.12. The molecule has 0 saturated heterocycles. The highest BCUT2D eigenvalue weighted by Gasteiger charge is 2.42. The zero-order chi connectivity index (χ0) is 21.6. The number of hydrogen-bond donors (Lipinski definition) is 1. The van der Waals surface area contributed by atoms with E-state index in [0.717, 1.165) is 29.7 Å². The fraction of sp³-hybridized carbons (Fsp3) is 0.333. The summed E-state index contributed by atoms with van der Waals surface area (Å²) >= 11 is 0. The van der Waals surface area contributed by atoms with Gasteiger partial charge in [-0.1, -0.05) is 12.1 Å². The summed E-state index contributed by atoms with van der Waals surface area (Å²) in [5, 5.41) is 10.2. The summed E-state index contributed by atoms with van der Waals surface area (Å²) in [4.78, 5) is 30.6. The molecule has 0 radical (unpaired) electrons.